The van der Waals surface area contributed by atoms with Crippen LogP contribution in [0.15, 0.2) is 48.5 Å². The van der Waals surface area contributed by atoms with Gasteiger partial charge in [0.2, 0.25) is 0 Å². The highest BCUT2D eigenvalue weighted by atomic mass is 16.5. The van der Waals surface area contributed by atoms with E-state index in [4.69, 9.17) is 9.47 Å². The van der Waals surface area contributed by atoms with Crippen molar-refractivity contribution in [2.24, 2.45) is 0 Å². The van der Waals surface area contributed by atoms with E-state index in [1.165, 1.54) is 19.3 Å². The number of unbranched alkanes of at least 4 members (excludes halogenated alkanes) is 4. The van der Waals surface area contributed by atoms with Gasteiger partial charge >= 0.3 is 0 Å². The Kier molecular flexibility index (Phi) is 9.25. The molecule has 2 aromatic carbocycles. The molecule has 0 unspecified atom stereocenters. The number of hydrogen-bond donors (Lipinski definition) is 1. The van der Waals surface area contributed by atoms with Gasteiger partial charge in [-0.15, -0.1) is 0 Å². The van der Waals surface area contributed by atoms with Crippen LogP contribution in [-0.4, -0.2) is 19.1 Å². The normalized spacial score (nSPS) is 10.4. The van der Waals surface area contributed by atoms with Crippen molar-refractivity contribution in [2.45, 2.75) is 52.4 Å². The zero-order chi connectivity index (χ0) is 19.3. The minimum absolute atomic E-state index is 0.136. The van der Waals surface area contributed by atoms with Crippen molar-refractivity contribution in [2.75, 3.05) is 18.5 Å². The number of amides is 1. The topological polar surface area (TPSA) is 47.6 Å². The van der Waals surface area contributed by atoms with Gasteiger partial charge in [-0.2, -0.15) is 0 Å². The Morgan fingerprint density at radius 2 is 1.30 bits per heavy atom. The molecule has 2 rings (SSSR count). The maximum absolute atomic E-state index is 12.4. The number of hydrogen-bond acceptors (Lipinski definition) is 3. The first kappa shape index (κ1) is 20.8. The summed E-state index contributed by atoms with van der Waals surface area (Å²) >= 11 is 0. The van der Waals surface area contributed by atoms with Crippen LogP contribution in [0.4, 0.5) is 5.69 Å². The molecule has 146 valence electrons. The second-order valence-electron chi connectivity index (χ2n) is 6.61. The van der Waals surface area contributed by atoms with Crippen molar-refractivity contribution in [1.29, 1.82) is 0 Å². The van der Waals surface area contributed by atoms with Crippen molar-refractivity contribution in [3.05, 3.63) is 54.1 Å². The van der Waals surface area contributed by atoms with Gasteiger partial charge in [-0.1, -0.05) is 39.5 Å². The van der Waals surface area contributed by atoms with E-state index in [-0.39, 0.29) is 5.91 Å². The molecular formula is C23H31NO3. The molecule has 0 aliphatic carbocycles. The fourth-order valence-electron chi connectivity index (χ4n) is 2.59. The van der Waals surface area contributed by atoms with Crippen molar-refractivity contribution in [1.82, 2.24) is 0 Å². The molecule has 1 N–H and O–H groups in total. The van der Waals surface area contributed by atoms with Crippen LogP contribution in [0.3, 0.4) is 0 Å². The van der Waals surface area contributed by atoms with Gasteiger partial charge in [-0.3, -0.25) is 4.79 Å². The third-order valence-electron chi connectivity index (χ3n) is 4.26. The Balaban J connectivity index is 1.79. The van der Waals surface area contributed by atoms with E-state index in [9.17, 15) is 4.79 Å². The Morgan fingerprint density at radius 1 is 0.741 bits per heavy atom. The van der Waals surface area contributed by atoms with Gasteiger partial charge in [-0.25, -0.2) is 0 Å². The zero-order valence-electron chi connectivity index (χ0n) is 16.5. The lowest BCUT2D eigenvalue weighted by molar-refractivity contribution is 0.102. The molecule has 0 aromatic heterocycles. The molecule has 0 saturated heterocycles. The molecule has 1 amide bonds. The van der Waals surface area contributed by atoms with Crippen molar-refractivity contribution in [3.8, 4) is 11.5 Å². The second kappa shape index (κ2) is 12.0. The van der Waals surface area contributed by atoms with Gasteiger partial charge in [-0.05, 0) is 61.4 Å². The smallest absolute Gasteiger partial charge is 0.255 e. The molecule has 0 fully saturated rings. The van der Waals surface area contributed by atoms with E-state index in [1.807, 2.05) is 36.4 Å². The Bertz CT molecular complexity index is 665. The van der Waals surface area contributed by atoms with E-state index in [0.29, 0.717) is 12.2 Å². The first-order chi connectivity index (χ1) is 13.2. The number of nitrogens with one attached hydrogen (secondary N) is 1. The number of carbonyl (C=O) groups is 1. The molecule has 4 nitrogen and oxygen atoms in total. The Morgan fingerprint density at radius 3 is 1.89 bits per heavy atom. The molecule has 0 radical (unpaired) electrons. The quantitative estimate of drug-likeness (QED) is 0.461. The number of ether oxygens (including phenoxy) is 2. The van der Waals surface area contributed by atoms with Gasteiger partial charge in [0.25, 0.3) is 5.91 Å². The van der Waals surface area contributed by atoms with Gasteiger partial charge in [0.1, 0.15) is 11.5 Å². The summed E-state index contributed by atoms with van der Waals surface area (Å²) in [7, 11) is 0. The Labute approximate surface area is 162 Å². The maximum Gasteiger partial charge on any atom is 0.255 e. The van der Waals surface area contributed by atoms with E-state index in [0.717, 1.165) is 43.1 Å². The van der Waals surface area contributed by atoms with Crippen LogP contribution in [0.5, 0.6) is 11.5 Å². The predicted molar refractivity (Wildman–Crippen MR) is 111 cm³/mol. The molecule has 0 atom stereocenters. The van der Waals surface area contributed by atoms with Gasteiger partial charge in [0.15, 0.2) is 0 Å². The summed E-state index contributed by atoms with van der Waals surface area (Å²) in [5.41, 5.74) is 1.36. The van der Waals surface area contributed by atoms with Crippen molar-refractivity contribution >= 4 is 11.6 Å². The predicted octanol–water partition coefficient (Wildman–Crippen LogP) is 6.08. The molecule has 4 heteroatoms. The molecule has 0 heterocycles. The summed E-state index contributed by atoms with van der Waals surface area (Å²) in [6, 6.07) is 14.7. The number of rotatable bonds is 12. The highest BCUT2D eigenvalue weighted by Crippen LogP contribution is 2.18. The van der Waals surface area contributed by atoms with Crippen molar-refractivity contribution < 1.29 is 14.3 Å². The minimum atomic E-state index is -0.136. The van der Waals surface area contributed by atoms with Crippen LogP contribution >= 0.6 is 0 Å². The molecule has 0 spiro atoms. The third-order valence-corrected chi connectivity index (χ3v) is 4.26. The second-order valence-corrected chi connectivity index (χ2v) is 6.61. The SMILES string of the molecule is CCCCCCOc1ccc(NC(=O)c2ccc(OCCCC)cc2)cc1. The maximum atomic E-state index is 12.4. The van der Waals surface area contributed by atoms with Gasteiger partial charge in [0, 0.05) is 11.3 Å². The molecule has 0 bridgehead atoms. The monoisotopic (exact) mass is 369 g/mol. The fourth-order valence-corrected chi connectivity index (χ4v) is 2.59. The molecule has 27 heavy (non-hydrogen) atoms. The van der Waals surface area contributed by atoms with Gasteiger partial charge < -0.3 is 14.8 Å². The third kappa shape index (κ3) is 7.73. The molecule has 0 aliphatic heterocycles. The largest absolute Gasteiger partial charge is 0.494 e. The van der Waals surface area contributed by atoms with Crippen LogP contribution in [0, 0.1) is 0 Å². The summed E-state index contributed by atoms with van der Waals surface area (Å²) in [6.07, 6.45) is 6.88. The molecule has 0 saturated carbocycles. The zero-order valence-corrected chi connectivity index (χ0v) is 16.5. The van der Waals surface area contributed by atoms with E-state index in [2.05, 4.69) is 19.2 Å². The fraction of sp³-hybridized carbons (Fsp3) is 0.435. The Hall–Kier alpha value is -2.49. The summed E-state index contributed by atoms with van der Waals surface area (Å²) in [5.74, 6) is 1.49. The summed E-state index contributed by atoms with van der Waals surface area (Å²) in [5, 5.41) is 2.91. The standard InChI is InChI=1S/C23H31NO3/c1-3-5-7-8-18-27-22-15-11-20(12-16-22)24-23(25)19-9-13-21(14-10-19)26-17-6-4-2/h9-16H,3-8,17-18H2,1-2H3,(H,24,25). The van der Waals surface area contributed by atoms with Crippen LogP contribution in [0.2, 0.25) is 0 Å². The van der Waals surface area contributed by atoms with Crippen LogP contribution in [-0.2, 0) is 0 Å². The molecule has 0 aliphatic rings. The highest BCUT2D eigenvalue weighted by Gasteiger charge is 2.06. The average Bonchev–Trinajstić information content (AvgIpc) is 2.70. The molecule has 2 aromatic rings. The summed E-state index contributed by atoms with van der Waals surface area (Å²) in [6.45, 7) is 5.76. The first-order valence-corrected chi connectivity index (χ1v) is 10.00. The van der Waals surface area contributed by atoms with Crippen molar-refractivity contribution in [3.63, 3.8) is 0 Å². The number of benzene rings is 2. The van der Waals surface area contributed by atoms with Crippen LogP contribution in [0.1, 0.15) is 62.7 Å². The summed E-state index contributed by atoms with van der Waals surface area (Å²) < 4.78 is 11.3. The van der Waals surface area contributed by atoms with E-state index >= 15 is 0 Å². The minimum Gasteiger partial charge on any atom is -0.494 e. The highest BCUT2D eigenvalue weighted by molar-refractivity contribution is 6.04. The summed E-state index contributed by atoms with van der Waals surface area (Å²) in [4.78, 5) is 12.4. The number of anilines is 1. The molecular weight excluding hydrogens is 338 g/mol. The number of carbonyl (C=O) groups excluding carboxylic acids is 1. The van der Waals surface area contributed by atoms with Gasteiger partial charge in [0.05, 0.1) is 13.2 Å². The lowest BCUT2D eigenvalue weighted by Gasteiger charge is -2.09. The lowest BCUT2D eigenvalue weighted by atomic mass is 10.2. The lowest BCUT2D eigenvalue weighted by Crippen LogP contribution is -2.11. The van der Waals surface area contributed by atoms with E-state index < -0.39 is 0 Å². The average molecular weight is 370 g/mol. The van der Waals surface area contributed by atoms with Crippen LogP contribution < -0.4 is 14.8 Å². The van der Waals surface area contributed by atoms with Crippen LogP contribution in [0.25, 0.3) is 0 Å². The first-order valence-electron chi connectivity index (χ1n) is 10.00. The van der Waals surface area contributed by atoms with E-state index in [1.54, 1.807) is 12.1 Å².